The molecule has 0 fully saturated rings. The number of benzene rings is 2. The van der Waals surface area contributed by atoms with Crippen LogP contribution in [0.2, 0.25) is 0 Å². The van der Waals surface area contributed by atoms with E-state index in [1.54, 1.807) is 25.1 Å². The first-order valence-electron chi connectivity index (χ1n) is 6.59. The molecule has 0 aliphatic carbocycles. The second-order valence-corrected chi connectivity index (χ2v) is 6.58. The largest absolute Gasteiger partial charge is 0.276 e. The summed E-state index contributed by atoms with van der Waals surface area (Å²) in [5.41, 5.74) is 3.78. The minimum absolute atomic E-state index is 0.196. The van der Waals surface area contributed by atoms with Crippen molar-refractivity contribution in [1.82, 2.24) is 4.83 Å². The molecule has 0 saturated carbocycles. The molecule has 21 heavy (non-hydrogen) atoms. The number of aryl methyl sites for hydroxylation is 2. The maximum Gasteiger partial charge on any atom is 0.276 e. The van der Waals surface area contributed by atoms with Crippen molar-refractivity contribution in [1.29, 1.82) is 0 Å². The Labute approximate surface area is 125 Å². The van der Waals surface area contributed by atoms with Crippen molar-refractivity contribution in [3.63, 3.8) is 0 Å². The van der Waals surface area contributed by atoms with Crippen molar-refractivity contribution < 1.29 is 8.42 Å². The van der Waals surface area contributed by atoms with Gasteiger partial charge in [-0.3, -0.25) is 0 Å². The summed E-state index contributed by atoms with van der Waals surface area (Å²) >= 11 is 0. The van der Waals surface area contributed by atoms with E-state index < -0.39 is 10.0 Å². The van der Waals surface area contributed by atoms with Crippen LogP contribution in [-0.4, -0.2) is 14.1 Å². The first kappa shape index (κ1) is 15.3. The highest BCUT2D eigenvalue weighted by atomic mass is 32.2. The van der Waals surface area contributed by atoms with Gasteiger partial charge < -0.3 is 0 Å². The second-order valence-electron chi connectivity index (χ2n) is 4.92. The summed E-state index contributed by atoms with van der Waals surface area (Å²) in [6.45, 7) is 5.78. The zero-order chi connectivity index (χ0) is 15.5. The highest BCUT2D eigenvalue weighted by Crippen LogP contribution is 2.12. The van der Waals surface area contributed by atoms with Crippen LogP contribution in [0.15, 0.2) is 58.5 Å². The normalized spacial score (nSPS) is 12.2. The van der Waals surface area contributed by atoms with Gasteiger partial charge in [-0.05, 0) is 38.5 Å². The fraction of sp³-hybridized carbons (Fsp3) is 0.188. The van der Waals surface area contributed by atoms with Gasteiger partial charge in [-0.1, -0.05) is 42.0 Å². The molecule has 5 heteroatoms. The zero-order valence-corrected chi connectivity index (χ0v) is 13.1. The molecule has 0 unspecified atom stereocenters. The van der Waals surface area contributed by atoms with E-state index in [1.165, 1.54) is 12.1 Å². The Hall–Kier alpha value is -2.14. The maximum absolute atomic E-state index is 12.1. The summed E-state index contributed by atoms with van der Waals surface area (Å²) < 4.78 is 24.2. The summed E-state index contributed by atoms with van der Waals surface area (Å²) in [4.78, 5) is 2.47. The van der Waals surface area contributed by atoms with E-state index in [9.17, 15) is 8.42 Å². The zero-order valence-electron chi connectivity index (χ0n) is 12.3. The van der Waals surface area contributed by atoms with Gasteiger partial charge in [0.2, 0.25) is 0 Å². The molecule has 2 aromatic carbocycles. The van der Waals surface area contributed by atoms with E-state index in [4.69, 9.17) is 0 Å². The Morgan fingerprint density at radius 1 is 1.05 bits per heavy atom. The average Bonchev–Trinajstić information content (AvgIpc) is 2.46. The Bertz CT molecular complexity index is 766. The molecule has 2 aromatic rings. The molecule has 0 aliphatic rings. The van der Waals surface area contributed by atoms with Crippen molar-refractivity contribution in [3.05, 3.63) is 65.2 Å². The number of nitrogens with zero attached hydrogens (tertiary/aromatic N) is 1. The van der Waals surface area contributed by atoms with Gasteiger partial charge in [0.25, 0.3) is 10.0 Å². The number of hydrazone groups is 1. The predicted octanol–water partition coefficient (Wildman–Crippen LogP) is 3.01. The monoisotopic (exact) mass is 302 g/mol. The molecule has 0 heterocycles. The molecule has 0 saturated heterocycles. The van der Waals surface area contributed by atoms with Gasteiger partial charge in [-0.2, -0.15) is 18.4 Å². The topological polar surface area (TPSA) is 58.5 Å². The molecule has 0 atom stereocenters. The van der Waals surface area contributed by atoms with Crippen molar-refractivity contribution in [2.75, 3.05) is 0 Å². The smallest absolute Gasteiger partial charge is 0.200 e. The molecule has 0 spiro atoms. The quantitative estimate of drug-likeness (QED) is 0.697. The lowest BCUT2D eigenvalue weighted by atomic mass is 10.0. The number of hydrogen-bond acceptors (Lipinski definition) is 3. The fourth-order valence-corrected chi connectivity index (χ4v) is 2.94. The summed E-state index contributed by atoms with van der Waals surface area (Å²) in [6.07, 6.45) is 0. The number of hydrogen-bond donors (Lipinski definition) is 1. The minimum Gasteiger partial charge on any atom is -0.200 e. The fourth-order valence-electron chi connectivity index (χ4n) is 2.06. The Kier molecular flexibility index (Phi) is 4.43. The summed E-state index contributed by atoms with van der Waals surface area (Å²) in [7, 11) is -3.62. The third-order valence-electron chi connectivity index (χ3n) is 3.16. The lowest BCUT2D eigenvalue weighted by molar-refractivity contribution is 0.584. The van der Waals surface area contributed by atoms with E-state index in [-0.39, 0.29) is 4.90 Å². The van der Waals surface area contributed by atoms with Crippen LogP contribution in [0.1, 0.15) is 23.6 Å². The van der Waals surface area contributed by atoms with Gasteiger partial charge >= 0.3 is 0 Å². The van der Waals surface area contributed by atoms with Crippen LogP contribution in [0, 0.1) is 13.8 Å². The summed E-state index contributed by atoms with van der Waals surface area (Å²) in [5.74, 6) is 0. The lowest BCUT2D eigenvalue weighted by Gasteiger charge is -2.08. The van der Waals surface area contributed by atoms with E-state index in [2.05, 4.69) is 9.93 Å². The number of sulfonamides is 1. The molecule has 0 bridgehead atoms. The Morgan fingerprint density at radius 2 is 1.71 bits per heavy atom. The van der Waals surface area contributed by atoms with Crippen LogP contribution in [0.3, 0.4) is 0 Å². The third kappa shape index (κ3) is 3.70. The van der Waals surface area contributed by atoms with E-state index in [1.807, 2.05) is 32.0 Å². The van der Waals surface area contributed by atoms with Gasteiger partial charge in [0.05, 0.1) is 10.6 Å². The van der Waals surface area contributed by atoms with Crippen LogP contribution in [0.5, 0.6) is 0 Å². The van der Waals surface area contributed by atoms with Crippen LogP contribution >= 0.6 is 0 Å². The SMILES string of the molecule is CC(=NNS(=O)(=O)c1ccccc1)c1ccc(C)cc1C. The van der Waals surface area contributed by atoms with Crippen molar-refractivity contribution >= 4 is 15.7 Å². The first-order chi connectivity index (χ1) is 9.90. The van der Waals surface area contributed by atoms with Gasteiger partial charge in [0.1, 0.15) is 0 Å². The lowest BCUT2D eigenvalue weighted by Crippen LogP contribution is -2.20. The van der Waals surface area contributed by atoms with Crippen LogP contribution < -0.4 is 4.83 Å². The van der Waals surface area contributed by atoms with Crippen LogP contribution in [0.25, 0.3) is 0 Å². The minimum atomic E-state index is -3.62. The number of nitrogens with one attached hydrogen (secondary N) is 1. The van der Waals surface area contributed by atoms with Crippen molar-refractivity contribution in [2.45, 2.75) is 25.7 Å². The number of rotatable bonds is 4. The van der Waals surface area contributed by atoms with Crippen LogP contribution in [-0.2, 0) is 10.0 Å². The third-order valence-corrected chi connectivity index (χ3v) is 4.38. The van der Waals surface area contributed by atoms with Gasteiger partial charge in [0, 0.05) is 5.56 Å². The molecule has 1 N–H and O–H groups in total. The van der Waals surface area contributed by atoms with E-state index in [0.29, 0.717) is 5.71 Å². The first-order valence-corrected chi connectivity index (χ1v) is 8.07. The predicted molar refractivity (Wildman–Crippen MR) is 84.9 cm³/mol. The van der Waals surface area contributed by atoms with Gasteiger partial charge in [-0.25, -0.2) is 0 Å². The van der Waals surface area contributed by atoms with Gasteiger partial charge in [-0.15, -0.1) is 0 Å². The highest BCUT2D eigenvalue weighted by Gasteiger charge is 2.12. The van der Waals surface area contributed by atoms with E-state index >= 15 is 0 Å². The molecular formula is C16H18N2O2S. The Balaban J connectivity index is 2.24. The van der Waals surface area contributed by atoms with Crippen molar-refractivity contribution in [3.8, 4) is 0 Å². The Morgan fingerprint density at radius 3 is 2.33 bits per heavy atom. The molecule has 4 nitrogen and oxygen atoms in total. The molecule has 0 radical (unpaired) electrons. The molecular weight excluding hydrogens is 284 g/mol. The summed E-state index contributed by atoms with van der Waals surface area (Å²) in [5, 5.41) is 4.01. The molecule has 110 valence electrons. The van der Waals surface area contributed by atoms with Crippen molar-refractivity contribution in [2.24, 2.45) is 5.10 Å². The standard InChI is InChI=1S/C16H18N2O2S/c1-12-9-10-16(13(2)11-12)14(3)17-18-21(19,20)15-7-5-4-6-8-15/h4-11,18H,1-3H3. The van der Waals surface area contributed by atoms with Gasteiger partial charge in [0.15, 0.2) is 0 Å². The molecule has 2 rings (SSSR count). The summed E-state index contributed by atoms with van der Waals surface area (Å²) in [6, 6.07) is 14.1. The molecule has 0 aromatic heterocycles. The van der Waals surface area contributed by atoms with Crippen LogP contribution in [0.4, 0.5) is 0 Å². The average molecular weight is 302 g/mol. The molecule has 0 amide bonds. The second kappa shape index (κ2) is 6.10. The maximum atomic E-state index is 12.1. The molecule has 0 aliphatic heterocycles. The highest BCUT2D eigenvalue weighted by molar-refractivity contribution is 7.89. The van der Waals surface area contributed by atoms with E-state index in [0.717, 1.165) is 16.7 Å².